The molecule has 3 aliphatic rings. The van der Waals surface area contributed by atoms with Gasteiger partial charge in [0.1, 0.15) is 0 Å². The Kier molecular flexibility index (Phi) is 8.29. The van der Waals surface area contributed by atoms with Crippen molar-refractivity contribution in [3.63, 3.8) is 0 Å². The summed E-state index contributed by atoms with van der Waals surface area (Å²) in [6.45, 7) is 19.1. The molecule has 3 aliphatic carbocycles. The summed E-state index contributed by atoms with van der Waals surface area (Å²) < 4.78 is 0. The minimum atomic E-state index is -0.250. The summed E-state index contributed by atoms with van der Waals surface area (Å²) in [6, 6.07) is 68.3. The first-order chi connectivity index (χ1) is 29.8. The third-order valence-corrected chi connectivity index (χ3v) is 14.9. The molecule has 11 rings (SSSR count). The average molecular weight is 803 g/mol. The zero-order valence-electron chi connectivity index (χ0n) is 37.2. The van der Waals surface area contributed by atoms with Crippen LogP contribution >= 0.6 is 0 Å². The second kappa shape index (κ2) is 13.4. The Labute approximate surface area is 368 Å². The Hall–Kier alpha value is -6.64. The van der Waals surface area contributed by atoms with Gasteiger partial charge in [-0.15, -0.1) is 0 Å². The first-order valence-corrected chi connectivity index (χ1v) is 22.3. The van der Waals surface area contributed by atoms with E-state index in [9.17, 15) is 0 Å². The van der Waals surface area contributed by atoms with Crippen molar-refractivity contribution in [2.45, 2.75) is 77.0 Å². The lowest BCUT2D eigenvalue weighted by Crippen LogP contribution is -2.37. The molecule has 0 N–H and O–H groups in total. The molecule has 0 spiro atoms. The van der Waals surface area contributed by atoms with E-state index < -0.39 is 0 Å². The van der Waals surface area contributed by atoms with Gasteiger partial charge in [-0.25, -0.2) is 0 Å². The quantitative estimate of drug-likeness (QED) is 0.165. The lowest BCUT2D eigenvalue weighted by atomic mass is 9.60. The van der Waals surface area contributed by atoms with Crippen molar-refractivity contribution >= 4 is 34.1 Å². The molecule has 0 radical (unpaired) electrons. The molecule has 0 heterocycles. The molecule has 62 heavy (non-hydrogen) atoms. The fourth-order valence-electron chi connectivity index (χ4n) is 11.5. The van der Waals surface area contributed by atoms with E-state index in [2.05, 4.69) is 247 Å². The highest BCUT2D eigenvalue weighted by atomic mass is 15.1. The van der Waals surface area contributed by atoms with Crippen LogP contribution in [0.15, 0.2) is 182 Å². The number of para-hydroxylation sites is 2. The molecule has 8 aromatic carbocycles. The van der Waals surface area contributed by atoms with E-state index in [0.29, 0.717) is 0 Å². The van der Waals surface area contributed by atoms with Crippen molar-refractivity contribution in [3.8, 4) is 22.3 Å². The molecule has 2 nitrogen and oxygen atoms in total. The standard InChI is InChI=1S/C60H54N2/c1-57(2)49-25-17-15-23-45(49)47-31-27-41(35-53(47)57)61(39-19-11-9-12-20-39)43-29-33-51-55(37-43)59(5,6)52-34-30-44(38-56(52)60(51,7)8)62(40-21-13-10-14-22-40)42-28-32-48-46-24-16-18-26-50(46)58(3,4)54(48)36-42/h9-38H,1-8H3. The first-order valence-electron chi connectivity index (χ1n) is 22.3. The van der Waals surface area contributed by atoms with Gasteiger partial charge in [0.05, 0.1) is 0 Å². The molecule has 304 valence electrons. The average Bonchev–Trinajstić information content (AvgIpc) is 3.66. The Bertz CT molecular complexity index is 2870. The summed E-state index contributed by atoms with van der Waals surface area (Å²) in [6.07, 6.45) is 0. The van der Waals surface area contributed by atoms with Crippen molar-refractivity contribution in [1.82, 2.24) is 0 Å². The normalized spacial score (nSPS) is 16.3. The molecule has 8 aromatic rings. The van der Waals surface area contributed by atoms with Gasteiger partial charge >= 0.3 is 0 Å². The highest BCUT2D eigenvalue weighted by Crippen LogP contribution is 2.55. The summed E-state index contributed by atoms with van der Waals surface area (Å²) in [7, 11) is 0. The number of hydrogen-bond donors (Lipinski definition) is 0. The molecular weight excluding hydrogens is 749 g/mol. The van der Waals surface area contributed by atoms with Gasteiger partial charge < -0.3 is 9.80 Å². The molecule has 0 atom stereocenters. The molecule has 0 amide bonds. The lowest BCUT2D eigenvalue weighted by Gasteiger charge is -2.45. The number of fused-ring (bicyclic) bond motifs is 8. The van der Waals surface area contributed by atoms with Crippen LogP contribution in [-0.2, 0) is 21.7 Å². The van der Waals surface area contributed by atoms with Crippen LogP contribution in [0.3, 0.4) is 0 Å². The second-order valence-corrected chi connectivity index (χ2v) is 19.9. The third-order valence-electron chi connectivity index (χ3n) is 14.9. The largest absolute Gasteiger partial charge is 0.310 e. The van der Waals surface area contributed by atoms with Crippen LogP contribution < -0.4 is 9.80 Å². The summed E-state index contributed by atoms with van der Waals surface area (Å²) >= 11 is 0. The van der Waals surface area contributed by atoms with Gasteiger partial charge in [0.15, 0.2) is 0 Å². The fraction of sp³-hybridized carbons (Fsp3) is 0.200. The minimum absolute atomic E-state index is 0.0895. The van der Waals surface area contributed by atoms with Gasteiger partial charge in [-0.3, -0.25) is 0 Å². The van der Waals surface area contributed by atoms with Gasteiger partial charge in [-0.1, -0.05) is 165 Å². The van der Waals surface area contributed by atoms with Crippen LogP contribution in [-0.4, -0.2) is 0 Å². The van der Waals surface area contributed by atoms with Crippen molar-refractivity contribution < 1.29 is 0 Å². The van der Waals surface area contributed by atoms with Crippen LogP contribution in [0.25, 0.3) is 22.3 Å². The summed E-state index contributed by atoms with van der Waals surface area (Å²) in [5.74, 6) is 0. The maximum Gasteiger partial charge on any atom is 0.0465 e. The predicted molar refractivity (Wildman–Crippen MR) is 262 cm³/mol. The fourth-order valence-corrected chi connectivity index (χ4v) is 11.5. The lowest BCUT2D eigenvalue weighted by molar-refractivity contribution is 0.521. The SMILES string of the molecule is CC1(C)c2ccccc2-c2ccc(N(c3ccccc3)c3ccc4c(c3)C(C)(C)c3ccc(N(c5ccccc5)c5ccc6c(c5)C(C)(C)c5ccccc5-6)cc3C4(C)C)cc21. The Morgan fingerprint density at radius 2 is 0.516 bits per heavy atom. The van der Waals surface area contributed by atoms with Crippen molar-refractivity contribution in [2.24, 2.45) is 0 Å². The Morgan fingerprint density at radius 3 is 0.903 bits per heavy atom. The van der Waals surface area contributed by atoms with Crippen molar-refractivity contribution in [1.29, 1.82) is 0 Å². The Balaban J connectivity index is 1.02. The number of nitrogens with zero attached hydrogens (tertiary/aromatic N) is 2. The highest BCUT2D eigenvalue weighted by Gasteiger charge is 2.43. The minimum Gasteiger partial charge on any atom is -0.310 e. The predicted octanol–water partition coefficient (Wildman–Crippen LogP) is 16.2. The van der Waals surface area contributed by atoms with E-state index in [-0.39, 0.29) is 21.7 Å². The van der Waals surface area contributed by atoms with E-state index in [1.807, 2.05) is 0 Å². The molecule has 0 aliphatic heterocycles. The molecule has 2 heteroatoms. The third kappa shape index (κ3) is 5.48. The zero-order chi connectivity index (χ0) is 42.8. The molecule has 0 bridgehead atoms. The Morgan fingerprint density at radius 1 is 0.226 bits per heavy atom. The molecule has 0 saturated heterocycles. The van der Waals surface area contributed by atoms with E-state index in [0.717, 1.165) is 11.4 Å². The van der Waals surface area contributed by atoms with Crippen LogP contribution in [0, 0.1) is 0 Å². The van der Waals surface area contributed by atoms with Crippen LogP contribution in [0.5, 0.6) is 0 Å². The van der Waals surface area contributed by atoms with E-state index in [1.165, 1.54) is 89.5 Å². The number of hydrogen-bond acceptors (Lipinski definition) is 2. The van der Waals surface area contributed by atoms with Gasteiger partial charge in [-0.05, 0) is 140 Å². The van der Waals surface area contributed by atoms with Gasteiger partial charge in [0.25, 0.3) is 0 Å². The van der Waals surface area contributed by atoms with Gasteiger partial charge in [0, 0.05) is 55.8 Å². The molecule has 0 unspecified atom stereocenters. The summed E-state index contributed by atoms with van der Waals surface area (Å²) in [4.78, 5) is 4.91. The molecular formula is C60H54N2. The smallest absolute Gasteiger partial charge is 0.0465 e. The maximum absolute atomic E-state index is 2.48. The van der Waals surface area contributed by atoms with Crippen LogP contribution in [0.4, 0.5) is 34.1 Å². The van der Waals surface area contributed by atoms with Crippen LogP contribution in [0.2, 0.25) is 0 Å². The van der Waals surface area contributed by atoms with E-state index in [1.54, 1.807) is 0 Å². The highest BCUT2D eigenvalue weighted by molar-refractivity contribution is 5.88. The monoisotopic (exact) mass is 802 g/mol. The topological polar surface area (TPSA) is 6.48 Å². The zero-order valence-corrected chi connectivity index (χ0v) is 37.2. The van der Waals surface area contributed by atoms with E-state index in [4.69, 9.17) is 0 Å². The second-order valence-electron chi connectivity index (χ2n) is 19.9. The number of rotatable bonds is 6. The van der Waals surface area contributed by atoms with Crippen molar-refractivity contribution in [3.05, 3.63) is 226 Å². The van der Waals surface area contributed by atoms with Gasteiger partial charge in [-0.2, -0.15) is 0 Å². The maximum atomic E-state index is 2.48. The van der Waals surface area contributed by atoms with E-state index >= 15 is 0 Å². The number of benzene rings is 8. The first kappa shape index (κ1) is 38.3. The molecule has 0 fully saturated rings. The van der Waals surface area contributed by atoms with Crippen molar-refractivity contribution in [2.75, 3.05) is 9.80 Å². The summed E-state index contributed by atoms with van der Waals surface area (Å²) in [5, 5.41) is 0. The summed E-state index contributed by atoms with van der Waals surface area (Å²) in [5.41, 5.74) is 22.7. The molecule has 0 aromatic heterocycles. The number of anilines is 6. The van der Waals surface area contributed by atoms with Crippen LogP contribution in [0.1, 0.15) is 99.9 Å². The molecule has 0 saturated carbocycles. The van der Waals surface area contributed by atoms with Gasteiger partial charge in [0.2, 0.25) is 0 Å².